The van der Waals surface area contributed by atoms with Crippen molar-refractivity contribution in [1.82, 2.24) is 24.1 Å². The number of thioether (sulfide) groups is 1. The maximum atomic E-state index is 4.69. The second kappa shape index (κ2) is 8.53. The van der Waals surface area contributed by atoms with Gasteiger partial charge in [-0.1, -0.05) is 54.2 Å². The third-order valence-corrected chi connectivity index (χ3v) is 6.98. The summed E-state index contributed by atoms with van der Waals surface area (Å²) in [6, 6.07) is 16.5. The lowest BCUT2D eigenvalue weighted by Crippen LogP contribution is -2.01. The van der Waals surface area contributed by atoms with E-state index in [0.717, 1.165) is 33.6 Å². The van der Waals surface area contributed by atoms with Crippen LogP contribution in [0.1, 0.15) is 10.6 Å². The molecule has 0 saturated heterocycles. The molecule has 5 aromatic rings. The molecule has 0 aliphatic carbocycles. The lowest BCUT2D eigenvalue weighted by atomic mass is 10.0. The van der Waals surface area contributed by atoms with Gasteiger partial charge in [-0.25, -0.2) is 4.98 Å². The molecule has 7 heteroatoms. The molecule has 0 radical (unpaired) electrons. The van der Waals surface area contributed by atoms with E-state index in [1.165, 1.54) is 16.0 Å². The molecule has 5 nitrogen and oxygen atoms in total. The summed E-state index contributed by atoms with van der Waals surface area (Å²) in [5, 5.41) is 12.2. The zero-order chi connectivity index (χ0) is 21.2. The first-order valence-corrected chi connectivity index (χ1v) is 11.8. The van der Waals surface area contributed by atoms with Crippen molar-refractivity contribution >= 4 is 28.7 Å². The van der Waals surface area contributed by atoms with E-state index < -0.39 is 0 Å². The summed E-state index contributed by atoms with van der Waals surface area (Å²) in [4.78, 5) is 5.96. The highest BCUT2D eigenvalue weighted by Crippen LogP contribution is 2.39. The van der Waals surface area contributed by atoms with Crippen LogP contribution in [0, 0.1) is 6.92 Å². The van der Waals surface area contributed by atoms with Crippen molar-refractivity contribution in [2.24, 2.45) is 0 Å². The van der Waals surface area contributed by atoms with Gasteiger partial charge in [0.25, 0.3) is 0 Å². The van der Waals surface area contributed by atoms with Gasteiger partial charge in [-0.05, 0) is 24.6 Å². The Morgan fingerprint density at radius 1 is 1.10 bits per heavy atom. The number of hydrogen-bond donors (Lipinski definition) is 0. The van der Waals surface area contributed by atoms with E-state index in [2.05, 4.69) is 64.1 Å². The molecular formula is C24H21N5S2. The highest BCUT2D eigenvalue weighted by atomic mass is 32.2. The first kappa shape index (κ1) is 19.8. The molecule has 1 aromatic carbocycles. The summed E-state index contributed by atoms with van der Waals surface area (Å²) >= 11 is 3.39. The number of thiophene rings is 1. The summed E-state index contributed by atoms with van der Waals surface area (Å²) in [7, 11) is 0. The highest BCUT2D eigenvalue weighted by Gasteiger charge is 2.20. The van der Waals surface area contributed by atoms with E-state index in [4.69, 9.17) is 4.98 Å². The first-order valence-electron chi connectivity index (χ1n) is 9.98. The maximum Gasteiger partial charge on any atom is 0.192 e. The van der Waals surface area contributed by atoms with E-state index in [1.54, 1.807) is 23.1 Å². The van der Waals surface area contributed by atoms with Crippen LogP contribution in [-0.2, 0) is 12.3 Å². The number of allylic oxidation sites excluding steroid dienone is 1. The van der Waals surface area contributed by atoms with Crippen molar-refractivity contribution in [2.75, 3.05) is 0 Å². The van der Waals surface area contributed by atoms with Crippen LogP contribution in [0.3, 0.4) is 0 Å². The molecule has 0 fully saturated rings. The van der Waals surface area contributed by atoms with E-state index in [0.29, 0.717) is 6.54 Å². The number of fused-ring (bicyclic) bond motifs is 1. The number of aromatic nitrogens is 5. The fourth-order valence-electron chi connectivity index (χ4n) is 3.67. The van der Waals surface area contributed by atoms with Crippen LogP contribution in [-0.4, -0.2) is 24.1 Å². The molecule has 0 unspecified atom stereocenters. The zero-order valence-electron chi connectivity index (χ0n) is 17.1. The van der Waals surface area contributed by atoms with Crippen molar-refractivity contribution in [2.45, 2.75) is 24.4 Å². The van der Waals surface area contributed by atoms with Gasteiger partial charge in [0.15, 0.2) is 11.0 Å². The van der Waals surface area contributed by atoms with Crippen molar-refractivity contribution in [3.05, 3.63) is 89.5 Å². The van der Waals surface area contributed by atoms with Gasteiger partial charge in [-0.2, -0.15) is 0 Å². The Morgan fingerprint density at radius 2 is 1.94 bits per heavy atom. The van der Waals surface area contributed by atoms with Gasteiger partial charge in [0.1, 0.15) is 5.65 Å². The van der Waals surface area contributed by atoms with Crippen LogP contribution in [0.5, 0.6) is 0 Å². The average molecular weight is 444 g/mol. The van der Waals surface area contributed by atoms with Crippen LogP contribution >= 0.6 is 23.1 Å². The molecule has 4 aromatic heterocycles. The maximum absolute atomic E-state index is 4.69. The summed E-state index contributed by atoms with van der Waals surface area (Å²) in [5.74, 6) is 1.60. The molecule has 0 atom stereocenters. The molecule has 154 valence electrons. The Labute approximate surface area is 189 Å². The number of hydrogen-bond acceptors (Lipinski definition) is 5. The zero-order valence-corrected chi connectivity index (χ0v) is 18.7. The molecule has 0 spiro atoms. The topological polar surface area (TPSA) is 48.0 Å². The lowest BCUT2D eigenvalue weighted by molar-refractivity contribution is 0.731. The van der Waals surface area contributed by atoms with E-state index in [9.17, 15) is 0 Å². The lowest BCUT2D eigenvalue weighted by Gasteiger charge is -2.09. The van der Waals surface area contributed by atoms with E-state index in [1.807, 2.05) is 40.9 Å². The van der Waals surface area contributed by atoms with Gasteiger partial charge in [-0.3, -0.25) is 4.57 Å². The standard InChI is InChI=1S/C24H21N5S2/c1-3-12-29-23(20-16-30-17(2)22(20)18-9-5-4-6-10-18)26-27-24(29)31-15-19-14-28-13-8-7-11-21(28)25-19/h3-11,13-14,16H,1,12,15H2,2H3. The van der Waals surface area contributed by atoms with Gasteiger partial charge < -0.3 is 4.40 Å². The number of pyridine rings is 1. The minimum Gasteiger partial charge on any atom is -0.307 e. The molecule has 0 aliphatic rings. The Bertz CT molecular complexity index is 1310. The fourth-order valence-corrected chi connectivity index (χ4v) is 5.36. The molecule has 5 rings (SSSR count). The summed E-state index contributed by atoms with van der Waals surface area (Å²) in [5.41, 5.74) is 5.50. The normalized spacial score (nSPS) is 11.3. The number of rotatable bonds is 7. The largest absolute Gasteiger partial charge is 0.307 e. The number of aryl methyl sites for hydroxylation is 1. The Balaban J connectivity index is 1.48. The van der Waals surface area contributed by atoms with Crippen LogP contribution in [0.4, 0.5) is 0 Å². The van der Waals surface area contributed by atoms with Crippen LogP contribution in [0.25, 0.3) is 28.2 Å². The van der Waals surface area contributed by atoms with Gasteiger partial charge in [0, 0.05) is 46.1 Å². The van der Waals surface area contributed by atoms with Crippen LogP contribution < -0.4 is 0 Å². The second-order valence-corrected chi connectivity index (χ2v) is 9.17. The minimum absolute atomic E-state index is 0.652. The Hall–Kier alpha value is -3.16. The van der Waals surface area contributed by atoms with Crippen molar-refractivity contribution in [1.29, 1.82) is 0 Å². The molecule has 0 aliphatic heterocycles. The highest BCUT2D eigenvalue weighted by molar-refractivity contribution is 7.98. The smallest absolute Gasteiger partial charge is 0.192 e. The first-order chi connectivity index (χ1) is 15.2. The minimum atomic E-state index is 0.652. The van der Waals surface area contributed by atoms with Crippen molar-refractivity contribution in [3.8, 4) is 22.5 Å². The molecule has 4 heterocycles. The average Bonchev–Trinajstić information content (AvgIpc) is 3.49. The van der Waals surface area contributed by atoms with Gasteiger partial charge in [-0.15, -0.1) is 28.1 Å². The quantitative estimate of drug-likeness (QED) is 0.225. The van der Waals surface area contributed by atoms with Crippen LogP contribution in [0.2, 0.25) is 0 Å². The molecular weight excluding hydrogens is 422 g/mol. The number of nitrogens with zero attached hydrogens (tertiary/aromatic N) is 5. The summed E-state index contributed by atoms with van der Waals surface area (Å²) in [6.45, 7) is 6.75. The van der Waals surface area contributed by atoms with Gasteiger partial charge in [0.2, 0.25) is 0 Å². The predicted octanol–water partition coefficient (Wildman–Crippen LogP) is 6.11. The summed E-state index contributed by atoms with van der Waals surface area (Å²) < 4.78 is 4.18. The fraction of sp³-hybridized carbons (Fsp3) is 0.125. The van der Waals surface area contributed by atoms with Crippen molar-refractivity contribution in [3.63, 3.8) is 0 Å². The molecule has 0 saturated carbocycles. The number of imidazole rings is 1. The van der Waals surface area contributed by atoms with E-state index >= 15 is 0 Å². The van der Waals surface area contributed by atoms with E-state index in [-0.39, 0.29) is 0 Å². The molecule has 0 N–H and O–H groups in total. The molecule has 0 amide bonds. The predicted molar refractivity (Wildman–Crippen MR) is 128 cm³/mol. The SMILES string of the molecule is C=CCn1c(SCc2cn3ccccc3n2)nnc1-c1csc(C)c1-c1ccccc1. The summed E-state index contributed by atoms with van der Waals surface area (Å²) in [6.07, 6.45) is 5.97. The number of benzene rings is 1. The van der Waals surface area contributed by atoms with Gasteiger partial charge in [0.05, 0.1) is 5.69 Å². The van der Waals surface area contributed by atoms with Gasteiger partial charge >= 0.3 is 0 Å². The second-order valence-electron chi connectivity index (χ2n) is 7.14. The van der Waals surface area contributed by atoms with Crippen LogP contribution in [0.15, 0.2) is 84.1 Å². The monoisotopic (exact) mass is 443 g/mol. The third kappa shape index (κ3) is 3.82. The van der Waals surface area contributed by atoms with Crippen molar-refractivity contribution < 1.29 is 0 Å². The molecule has 31 heavy (non-hydrogen) atoms. The third-order valence-electron chi connectivity index (χ3n) is 5.07. The molecule has 0 bridgehead atoms. The Morgan fingerprint density at radius 3 is 2.74 bits per heavy atom. The Kier molecular flexibility index (Phi) is 5.44.